The van der Waals surface area contributed by atoms with Crippen LogP contribution in [0.25, 0.3) is 0 Å². The van der Waals surface area contributed by atoms with Gasteiger partial charge in [-0.05, 0) is 18.1 Å². The van der Waals surface area contributed by atoms with E-state index in [0.717, 1.165) is 6.07 Å². The Hall–Kier alpha value is -2.88. The Balaban J connectivity index is 3.20. The third-order valence-electron chi connectivity index (χ3n) is 1.84. The number of amides is 2. The molecule has 0 heterocycles. The molecule has 0 fully saturated rings. The van der Waals surface area contributed by atoms with Gasteiger partial charge in [-0.25, -0.2) is 0 Å². The third kappa shape index (κ3) is 3.61. The van der Waals surface area contributed by atoms with Crippen LogP contribution in [-0.2, 0) is 9.59 Å². The highest BCUT2D eigenvalue weighted by molar-refractivity contribution is 5.93. The van der Waals surface area contributed by atoms with Crippen molar-refractivity contribution in [1.29, 1.82) is 0 Å². The Morgan fingerprint density at radius 2 is 2.11 bits per heavy atom. The zero-order valence-corrected chi connectivity index (χ0v) is 9.39. The number of nitrogens with two attached hydrogens (primary N) is 1. The van der Waals surface area contributed by atoms with E-state index in [9.17, 15) is 19.7 Å². The van der Waals surface area contributed by atoms with E-state index >= 15 is 0 Å². The molecular formula is C11H9N3O4. The maximum Gasteiger partial charge on any atom is 0.293 e. The Morgan fingerprint density at radius 3 is 2.61 bits per heavy atom. The molecule has 3 N–H and O–H groups in total. The summed E-state index contributed by atoms with van der Waals surface area (Å²) in [4.78, 5) is 31.5. The molecule has 0 aromatic heterocycles. The highest BCUT2D eigenvalue weighted by Crippen LogP contribution is 2.25. The number of anilines is 1. The quantitative estimate of drug-likeness (QED) is 0.446. The zero-order valence-electron chi connectivity index (χ0n) is 9.39. The van der Waals surface area contributed by atoms with Gasteiger partial charge in [-0.1, -0.05) is 5.92 Å². The molecule has 0 aliphatic carbocycles. The first-order valence-corrected chi connectivity index (χ1v) is 4.77. The van der Waals surface area contributed by atoms with Gasteiger partial charge in [-0.2, -0.15) is 0 Å². The van der Waals surface area contributed by atoms with Crippen LogP contribution in [0.1, 0.15) is 12.5 Å². The number of carbonyl (C=O) groups is 2. The van der Waals surface area contributed by atoms with Crippen molar-refractivity contribution < 1.29 is 14.5 Å². The largest absolute Gasteiger partial charge is 0.359 e. The van der Waals surface area contributed by atoms with E-state index in [-0.39, 0.29) is 16.9 Å². The Morgan fingerprint density at radius 1 is 1.44 bits per heavy atom. The number of nitro benzene ring substituents is 1. The number of nitrogens with zero attached hydrogens (tertiary/aromatic N) is 1. The average molecular weight is 247 g/mol. The van der Waals surface area contributed by atoms with Gasteiger partial charge >= 0.3 is 0 Å². The molecule has 7 heteroatoms. The molecule has 18 heavy (non-hydrogen) atoms. The standard InChI is InChI=1S/C11H9N3O4/c1-7(15)13-9-4-2-8(3-5-11(12)16)6-10(9)14(17)18/h2,4,6H,1H3,(H2,12,16)(H,13,15). The maximum atomic E-state index is 10.9. The van der Waals surface area contributed by atoms with Crippen LogP contribution in [0.2, 0.25) is 0 Å². The Bertz CT molecular complexity index is 584. The van der Waals surface area contributed by atoms with Gasteiger partial charge < -0.3 is 11.1 Å². The van der Waals surface area contributed by atoms with Gasteiger partial charge in [-0.15, -0.1) is 0 Å². The number of hydrogen-bond donors (Lipinski definition) is 2. The first-order chi connectivity index (χ1) is 8.40. The lowest BCUT2D eigenvalue weighted by atomic mass is 10.1. The van der Waals surface area contributed by atoms with Crippen LogP contribution in [0.5, 0.6) is 0 Å². The smallest absolute Gasteiger partial charge is 0.293 e. The van der Waals surface area contributed by atoms with Crippen molar-refractivity contribution in [2.45, 2.75) is 6.92 Å². The first kappa shape index (κ1) is 13.2. The second kappa shape index (κ2) is 5.45. The summed E-state index contributed by atoms with van der Waals surface area (Å²) in [7, 11) is 0. The van der Waals surface area contributed by atoms with Gasteiger partial charge in [0.25, 0.3) is 11.6 Å². The summed E-state index contributed by atoms with van der Waals surface area (Å²) in [6.45, 7) is 1.24. The molecule has 1 aromatic rings. The lowest BCUT2D eigenvalue weighted by molar-refractivity contribution is -0.383. The molecule has 0 unspecified atom stereocenters. The van der Waals surface area contributed by atoms with Crippen molar-refractivity contribution in [3.63, 3.8) is 0 Å². The summed E-state index contributed by atoms with van der Waals surface area (Å²) < 4.78 is 0. The molecule has 1 rings (SSSR count). The third-order valence-corrected chi connectivity index (χ3v) is 1.84. The number of benzene rings is 1. The van der Waals surface area contributed by atoms with Crippen molar-refractivity contribution in [3.05, 3.63) is 33.9 Å². The highest BCUT2D eigenvalue weighted by Gasteiger charge is 2.14. The summed E-state index contributed by atoms with van der Waals surface area (Å²) in [5, 5.41) is 13.1. The summed E-state index contributed by atoms with van der Waals surface area (Å²) in [6, 6.07) is 3.93. The monoisotopic (exact) mass is 247 g/mol. The summed E-state index contributed by atoms with van der Waals surface area (Å²) in [5.74, 6) is 3.19. The molecule has 92 valence electrons. The van der Waals surface area contributed by atoms with Gasteiger partial charge in [0.1, 0.15) is 5.69 Å². The summed E-state index contributed by atoms with van der Waals surface area (Å²) in [6.07, 6.45) is 0. The summed E-state index contributed by atoms with van der Waals surface area (Å²) >= 11 is 0. The van der Waals surface area contributed by atoms with Crippen LogP contribution in [0.4, 0.5) is 11.4 Å². The number of nitro groups is 1. The molecule has 0 saturated heterocycles. The normalized spacial score (nSPS) is 8.94. The summed E-state index contributed by atoms with van der Waals surface area (Å²) in [5.41, 5.74) is 4.85. The molecule has 0 aliphatic heterocycles. The van der Waals surface area contributed by atoms with Gasteiger partial charge in [0.2, 0.25) is 5.91 Å². The van der Waals surface area contributed by atoms with Gasteiger partial charge in [0.05, 0.1) is 4.92 Å². The van der Waals surface area contributed by atoms with E-state index in [0.29, 0.717) is 0 Å². The molecular weight excluding hydrogens is 238 g/mol. The van der Waals surface area contributed by atoms with Crippen molar-refractivity contribution >= 4 is 23.2 Å². The van der Waals surface area contributed by atoms with Gasteiger partial charge in [0, 0.05) is 18.6 Å². The SMILES string of the molecule is CC(=O)Nc1ccc(C#CC(N)=O)cc1[N+](=O)[O-]. The van der Waals surface area contributed by atoms with Crippen LogP contribution in [0, 0.1) is 22.0 Å². The number of carbonyl (C=O) groups excluding carboxylic acids is 2. The van der Waals surface area contributed by atoms with E-state index in [1.165, 1.54) is 19.1 Å². The molecule has 0 spiro atoms. The second-order valence-electron chi connectivity index (χ2n) is 3.28. The van der Waals surface area contributed by atoms with Crippen LogP contribution in [0.3, 0.4) is 0 Å². The van der Waals surface area contributed by atoms with Crippen LogP contribution >= 0.6 is 0 Å². The average Bonchev–Trinajstić information content (AvgIpc) is 2.26. The van der Waals surface area contributed by atoms with Gasteiger partial charge in [0.15, 0.2) is 0 Å². The van der Waals surface area contributed by atoms with E-state index in [1.54, 1.807) is 0 Å². The molecule has 0 saturated carbocycles. The molecule has 7 nitrogen and oxygen atoms in total. The van der Waals surface area contributed by atoms with E-state index in [2.05, 4.69) is 17.2 Å². The minimum absolute atomic E-state index is 0.0668. The Kier molecular flexibility index (Phi) is 3.99. The lowest BCUT2D eigenvalue weighted by Gasteiger charge is -2.03. The van der Waals surface area contributed by atoms with Crippen LogP contribution in [0.15, 0.2) is 18.2 Å². The van der Waals surface area contributed by atoms with E-state index in [4.69, 9.17) is 5.73 Å². The minimum atomic E-state index is -0.830. The predicted octanol–water partition coefficient (Wildman–Crippen LogP) is 0.390. The predicted molar refractivity (Wildman–Crippen MR) is 63.5 cm³/mol. The fraction of sp³-hybridized carbons (Fsp3) is 0.0909. The second-order valence-corrected chi connectivity index (χ2v) is 3.28. The Labute approximate surface area is 102 Å². The first-order valence-electron chi connectivity index (χ1n) is 4.77. The minimum Gasteiger partial charge on any atom is -0.359 e. The molecule has 2 amide bonds. The molecule has 0 radical (unpaired) electrons. The van der Waals surface area contributed by atoms with Crippen molar-refractivity contribution in [3.8, 4) is 11.8 Å². The van der Waals surface area contributed by atoms with Crippen LogP contribution in [-0.4, -0.2) is 16.7 Å². The molecule has 0 bridgehead atoms. The van der Waals surface area contributed by atoms with Gasteiger partial charge in [-0.3, -0.25) is 19.7 Å². The fourth-order valence-electron chi connectivity index (χ4n) is 1.19. The number of nitrogens with one attached hydrogen (secondary N) is 1. The van der Waals surface area contributed by atoms with Crippen molar-refractivity contribution in [1.82, 2.24) is 0 Å². The van der Waals surface area contributed by atoms with Crippen LogP contribution < -0.4 is 11.1 Å². The fourth-order valence-corrected chi connectivity index (χ4v) is 1.19. The number of primary amides is 1. The lowest BCUT2D eigenvalue weighted by Crippen LogP contribution is -2.08. The highest BCUT2D eigenvalue weighted by atomic mass is 16.6. The molecule has 1 aromatic carbocycles. The van der Waals surface area contributed by atoms with E-state index in [1.807, 2.05) is 0 Å². The zero-order chi connectivity index (χ0) is 13.7. The van der Waals surface area contributed by atoms with Crippen molar-refractivity contribution in [2.75, 3.05) is 5.32 Å². The molecule has 0 atom stereocenters. The molecule has 0 aliphatic rings. The number of hydrogen-bond acceptors (Lipinski definition) is 4. The maximum absolute atomic E-state index is 10.9. The van der Waals surface area contributed by atoms with E-state index < -0.39 is 16.7 Å². The van der Waals surface area contributed by atoms with Crippen molar-refractivity contribution in [2.24, 2.45) is 5.73 Å². The number of rotatable bonds is 2. The topological polar surface area (TPSA) is 115 Å².